The second-order valence-electron chi connectivity index (χ2n) is 7.50. The molecule has 0 radical (unpaired) electrons. The van der Waals surface area contributed by atoms with Crippen molar-refractivity contribution in [2.45, 2.75) is 0 Å². The Kier molecular flexibility index (Phi) is 6.31. The number of carbonyl (C=O) groups excluding carboxylic acids is 3. The maximum Gasteiger partial charge on any atom is 0.259 e. The maximum atomic E-state index is 12.8. The summed E-state index contributed by atoms with van der Waals surface area (Å²) in [5, 5.41) is 5.54. The highest BCUT2D eigenvalue weighted by molar-refractivity contribution is 6.11. The van der Waals surface area contributed by atoms with Crippen LogP contribution < -0.4 is 20.1 Å². The van der Waals surface area contributed by atoms with Crippen LogP contribution in [0.1, 0.15) is 26.3 Å². The van der Waals surface area contributed by atoms with Gasteiger partial charge in [-0.3, -0.25) is 19.3 Å². The van der Waals surface area contributed by atoms with Gasteiger partial charge in [-0.05, 0) is 18.2 Å². The molecular formula is C26H23N3O5. The number of methoxy groups -OCH3 is 2. The van der Waals surface area contributed by atoms with Crippen molar-refractivity contribution in [3.63, 3.8) is 0 Å². The molecular weight excluding hydrogens is 434 g/mol. The van der Waals surface area contributed by atoms with E-state index in [0.717, 1.165) is 0 Å². The molecule has 0 aliphatic carbocycles. The molecule has 8 nitrogen and oxygen atoms in total. The third-order valence-electron chi connectivity index (χ3n) is 5.42. The van der Waals surface area contributed by atoms with Crippen LogP contribution in [0.25, 0.3) is 5.70 Å². The zero-order valence-corrected chi connectivity index (χ0v) is 18.8. The van der Waals surface area contributed by atoms with Crippen molar-refractivity contribution in [2.24, 2.45) is 0 Å². The SMILES string of the molecule is C=C1c2ccccc2C(=O)N1CC(=O)Nc1cc(OC)c(NC(=O)c2ccccc2)cc1OC. The summed E-state index contributed by atoms with van der Waals surface area (Å²) < 4.78 is 10.8. The number of nitrogens with one attached hydrogen (secondary N) is 2. The Labute approximate surface area is 196 Å². The van der Waals surface area contributed by atoms with Gasteiger partial charge in [0.2, 0.25) is 5.91 Å². The highest BCUT2D eigenvalue weighted by Gasteiger charge is 2.32. The Balaban J connectivity index is 1.52. The quantitative estimate of drug-likeness (QED) is 0.559. The molecule has 1 aliphatic rings. The summed E-state index contributed by atoms with van der Waals surface area (Å²) in [7, 11) is 2.90. The van der Waals surface area contributed by atoms with Crippen molar-refractivity contribution >= 4 is 34.8 Å². The molecule has 0 spiro atoms. The summed E-state index contributed by atoms with van der Waals surface area (Å²) in [6.45, 7) is 3.73. The van der Waals surface area contributed by atoms with E-state index in [1.54, 1.807) is 54.6 Å². The summed E-state index contributed by atoms with van der Waals surface area (Å²) in [5.74, 6) is -0.395. The van der Waals surface area contributed by atoms with Gasteiger partial charge >= 0.3 is 0 Å². The van der Waals surface area contributed by atoms with Crippen LogP contribution in [0.15, 0.2) is 73.3 Å². The van der Waals surface area contributed by atoms with Gasteiger partial charge in [0.1, 0.15) is 18.0 Å². The summed E-state index contributed by atoms with van der Waals surface area (Å²) in [6.07, 6.45) is 0. The highest BCUT2D eigenvalue weighted by Crippen LogP contribution is 2.37. The average Bonchev–Trinajstić information content (AvgIpc) is 3.10. The molecule has 0 atom stereocenters. The first-order valence-corrected chi connectivity index (χ1v) is 10.5. The minimum absolute atomic E-state index is 0.218. The zero-order chi connectivity index (χ0) is 24.2. The number of hydrogen-bond acceptors (Lipinski definition) is 5. The lowest BCUT2D eigenvalue weighted by atomic mass is 10.1. The minimum Gasteiger partial charge on any atom is -0.494 e. The van der Waals surface area contributed by atoms with E-state index >= 15 is 0 Å². The van der Waals surface area contributed by atoms with E-state index in [1.165, 1.54) is 19.1 Å². The molecule has 3 amide bonds. The summed E-state index contributed by atoms with van der Waals surface area (Å²) in [4.78, 5) is 39.4. The third kappa shape index (κ3) is 4.33. The maximum absolute atomic E-state index is 12.8. The number of carbonyl (C=O) groups is 3. The molecule has 3 aromatic rings. The second kappa shape index (κ2) is 9.50. The van der Waals surface area contributed by atoms with Gasteiger partial charge in [0.25, 0.3) is 11.8 Å². The second-order valence-corrected chi connectivity index (χ2v) is 7.50. The lowest BCUT2D eigenvalue weighted by Gasteiger charge is -2.19. The summed E-state index contributed by atoms with van der Waals surface area (Å²) in [5.41, 5.74) is 2.88. The summed E-state index contributed by atoms with van der Waals surface area (Å²) >= 11 is 0. The predicted molar refractivity (Wildman–Crippen MR) is 129 cm³/mol. The van der Waals surface area contributed by atoms with E-state index in [4.69, 9.17) is 9.47 Å². The van der Waals surface area contributed by atoms with Crippen molar-refractivity contribution in [3.05, 3.63) is 90.0 Å². The smallest absolute Gasteiger partial charge is 0.259 e. The molecule has 34 heavy (non-hydrogen) atoms. The zero-order valence-electron chi connectivity index (χ0n) is 18.8. The standard InChI is InChI=1S/C26H23N3O5/c1-16-18-11-7-8-12-19(18)26(32)29(16)15-24(30)27-20-13-23(34-3)21(14-22(20)33-2)28-25(31)17-9-5-4-6-10-17/h4-14H,1,15H2,2-3H3,(H,27,30)(H,28,31). The van der Waals surface area contributed by atoms with Crippen LogP contribution in [-0.2, 0) is 4.79 Å². The number of benzene rings is 3. The number of amides is 3. The highest BCUT2D eigenvalue weighted by atomic mass is 16.5. The molecule has 0 saturated heterocycles. The molecule has 0 aromatic heterocycles. The lowest BCUT2D eigenvalue weighted by molar-refractivity contribution is -0.116. The number of anilines is 2. The molecule has 8 heteroatoms. The van der Waals surface area contributed by atoms with Gasteiger partial charge in [0.05, 0.1) is 25.6 Å². The Morgan fingerprint density at radius 3 is 2.00 bits per heavy atom. The molecule has 0 fully saturated rings. The van der Waals surface area contributed by atoms with E-state index < -0.39 is 5.91 Å². The molecule has 3 aromatic carbocycles. The Hall–Kier alpha value is -4.59. The molecule has 1 heterocycles. The van der Waals surface area contributed by atoms with Crippen LogP contribution in [0, 0.1) is 0 Å². The van der Waals surface area contributed by atoms with Crippen LogP contribution in [-0.4, -0.2) is 43.4 Å². The molecule has 0 bridgehead atoms. The van der Waals surface area contributed by atoms with Gasteiger partial charge < -0.3 is 20.1 Å². The molecule has 172 valence electrons. The molecule has 2 N–H and O–H groups in total. The van der Waals surface area contributed by atoms with Gasteiger partial charge in [-0.1, -0.05) is 43.0 Å². The number of fused-ring (bicyclic) bond motifs is 1. The van der Waals surface area contributed by atoms with Crippen LogP contribution in [0.3, 0.4) is 0 Å². The summed E-state index contributed by atoms with van der Waals surface area (Å²) in [6, 6.07) is 18.9. The van der Waals surface area contributed by atoms with Crippen LogP contribution in [0.2, 0.25) is 0 Å². The number of ether oxygens (including phenoxy) is 2. The average molecular weight is 457 g/mol. The third-order valence-corrected chi connectivity index (χ3v) is 5.42. The number of nitrogens with zero attached hydrogens (tertiary/aromatic N) is 1. The van der Waals surface area contributed by atoms with E-state index in [0.29, 0.717) is 45.3 Å². The van der Waals surface area contributed by atoms with Crippen LogP contribution in [0.4, 0.5) is 11.4 Å². The Morgan fingerprint density at radius 2 is 1.41 bits per heavy atom. The normalized spacial score (nSPS) is 12.2. The predicted octanol–water partition coefficient (Wildman–Crippen LogP) is 4.02. The fraction of sp³-hybridized carbons (Fsp3) is 0.115. The largest absolute Gasteiger partial charge is 0.494 e. The van der Waals surface area contributed by atoms with Gasteiger partial charge in [0, 0.05) is 34.5 Å². The Morgan fingerprint density at radius 1 is 0.853 bits per heavy atom. The van der Waals surface area contributed by atoms with E-state index in [1.807, 2.05) is 12.1 Å². The molecule has 4 rings (SSSR count). The van der Waals surface area contributed by atoms with E-state index in [2.05, 4.69) is 17.2 Å². The number of rotatable bonds is 7. The van der Waals surface area contributed by atoms with Gasteiger partial charge in [-0.25, -0.2) is 0 Å². The molecule has 0 unspecified atom stereocenters. The first-order valence-electron chi connectivity index (χ1n) is 10.5. The van der Waals surface area contributed by atoms with E-state index in [-0.39, 0.29) is 18.4 Å². The lowest BCUT2D eigenvalue weighted by Crippen LogP contribution is -2.32. The first kappa shape index (κ1) is 22.6. The number of hydrogen-bond donors (Lipinski definition) is 2. The van der Waals surface area contributed by atoms with Crippen LogP contribution in [0.5, 0.6) is 11.5 Å². The van der Waals surface area contributed by atoms with Gasteiger partial charge in [-0.2, -0.15) is 0 Å². The fourth-order valence-corrected chi connectivity index (χ4v) is 3.71. The van der Waals surface area contributed by atoms with E-state index in [9.17, 15) is 14.4 Å². The monoisotopic (exact) mass is 457 g/mol. The molecule has 1 aliphatic heterocycles. The minimum atomic E-state index is -0.441. The fourth-order valence-electron chi connectivity index (χ4n) is 3.71. The van der Waals surface area contributed by atoms with Crippen molar-refractivity contribution in [1.82, 2.24) is 4.90 Å². The van der Waals surface area contributed by atoms with Gasteiger partial charge in [0.15, 0.2) is 0 Å². The first-order chi connectivity index (χ1) is 16.4. The van der Waals surface area contributed by atoms with Crippen molar-refractivity contribution in [2.75, 3.05) is 31.4 Å². The van der Waals surface area contributed by atoms with Crippen molar-refractivity contribution in [3.8, 4) is 11.5 Å². The Bertz CT molecular complexity index is 1250. The van der Waals surface area contributed by atoms with Crippen LogP contribution >= 0.6 is 0 Å². The topological polar surface area (TPSA) is 97.0 Å². The van der Waals surface area contributed by atoms with Crippen molar-refractivity contribution in [1.29, 1.82) is 0 Å². The van der Waals surface area contributed by atoms with Crippen molar-refractivity contribution < 1.29 is 23.9 Å². The van der Waals surface area contributed by atoms with Gasteiger partial charge in [-0.15, -0.1) is 0 Å². The molecule has 0 saturated carbocycles.